The van der Waals surface area contributed by atoms with Crippen LogP contribution in [0.2, 0.25) is 0 Å². The molecule has 0 saturated carbocycles. The van der Waals surface area contributed by atoms with Crippen molar-refractivity contribution in [1.29, 1.82) is 0 Å². The quantitative estimate of drug-likeness (QED) is 0.388. The van der Waals surface area contributed by atoms with Gasteiger partial charge in [-0.1, -0.05) is 38.8 Å². The molecule has 172 valence electrons. The van der Waals surface area contributed by atoms with Gasteiger partial charge in [0.15, 0.2) is 17.1 Å². The van der Waals surface area contributed by atoms with Crippen LogP contribution in [0.4, 0.5) is 5.82 Å². The van der Waals surface area contributed by atoms with E-state index in [0.29, 0.717) is 51.9 Å². The van der Waals surface area contributed by atoms with Crippen molar-refractivity contribution in [2.75, 3.05) is 26.6 Å². The van der Waals surface area contributed by atoms with Crippen LogP contribution in [-0.2, 0) is 4.74 Å². The van der Waals surface area contributed by atoms with E-state index in [9.17, 15) is 4.79 Å². The van der Waals surface area contributed by atoms with Crippen LogP contribution in [0, 0.1) is 5.92 Å². The van der Waals surface area contributed by atoms with Crippen LogP contribution in [0.1, 0.15) is 37.0 Å². The second kappa shape index (κ2) is 9.36. The summed E-state index contributed by atoms with van der Waals surface area (Å²) in [7, 11) is 3.13. The molecule has 2 N–H and O–H groups in total. The molecule has 33 heavy (non-hydrogen) atoms. The number of nitrogens with zero attached hydrogens (tertiary/aromatic N) is 3. The van der Waals surface area contributed by atoms with Gasteiger partial charge in [-0.15, -0.1) is 0 Å². The third kappa shape index (κ3) is 4.04. The SMILES string of the molecule is CCC(CC)COC(=O)c1c(N)n(-c2ccc(OC)c(OC)c2)c2nc3ccccc3nc12. The average molecular weight is 449 g/mol. The molecule has 0 fully saturated rings. The van der Waals surface area contributed by atoms with Gasteiger partial charge in [-0.05, 0) is 30.2 Å². The summed E-state index contributed by atoms with van der Waals surface area (Å²) in [6.45, 7) is 4.49. The van der Waals surface area contributed by atoms with Crippen molar-refractivity contribution < 1.29 is 19.0 Å². The third-order valence-corrected chi connectivity index (χ3v) is 5.93. The van der Waals surface area contributed by atoms with E-state index in [1.165, 1.54) is 0 Å². The van der Waals surface area contributed by atoms with Crippen molar-refractivity contribution in [3.63, 3.8) is 0 Å². The number of nitrogen functional groups attached to an aromatic ring is 1. The second-order valence-electron chi connectivity index (χ2n) is 7.80. The van der Waals surface area contributed by atoms with E-state index in [1.54, 1.807) is 30.9 Å². The zero-order valence-electron chi connectivity index (χ0n) is 19.3. The molecule has 0 radical (unpaired) electrons. The van der Waals surface area contributed by atoms with Crippen LogP contribution >= 0.6 is 0 Å². The van der Waals surface area contributed by atoms with Gasteiger partial charge in [-0.3, -0.25) is 4.57 Å². The maximum absolute atomic E-state index is 13.2. The van der Waals surface area contributed by atoms with Crippen LogP contribution in [-0.4, -0.2) is 41.3 Å². The van der Waals surface area contributed by atoms with Gasteiger partial charge in [-0.25, -0.2) is 14.8 Å². The highest BCUT2D eigenvalue weighted by Crippen LogP contribution is 2.35. The highest BCUT2D eigenvalue weighted by molar-refractivity contribution is 6.09. The predicted molar refractivity (Wildman–Crippen MR) is 128 cm³/mol. The molecule has 0 saturated heterocycles. The molecule has 0 atom stereocenters. The van der Waals surface area contributed by atoms with E-state index >= 15 is 0 Å². The fourth-order valence-electron chi connectivity index (χ4n) is 3.88. The van der Waals surface area contributed by atoms with Crippen molar-refractivity contribution in [2.24, 2.45) is 5.92 Å². The monoisotopic (exact) mass is 448 g/mol. The zero-order chi connectivity index (χ0) is 23.5. The molecule has 8 nitrogen and oxygen atoms in total. The number of esters is 1. The number of anilines is 1. The summed E-state index contributed by atoms with van der Waals surface area (Å²) in [5, 5.41) is 0. The number of hydrogen-bond donors (Lipinski definition) is 1. The van der Waals surface area contributed by atoms with E-state index in [4.69, 9.17) is 29.9 Å². The largest absolute Gasteiger partial charge is 0.493 e. The van der Waals surface area contributed by atoms with Crippen LogP contribution < -0.4 is 15.2 Å². The van der Waals surface area contributed by atoms with Crippen LogP contribution in [0.25, 0.3) is 27.9 Å². The van der Waals surface area contributed by atoms with Crippen molar-refractivity contribution in [2.45, 2.75) is 26.7 Å². The third-order valence-electron chi connectivity index (χ3n) is 5.93. The summed E-state index contributed by atoms with van der Waals surface area (Å²) in [6.07, 6.45) is 1.86. The number of carbonyl (C=O) groups is 1. The first-order valence-corrected chi connectivity index (χ1v) is 11.0. The smallest absolute Gasteiger partial charge is 0.344 e. The number of rotatable bonds is 8. The summed E-state index contributed by atoms with van der Waals surface area (Å²) < 4.78 is 18.2. The van der Waals surface area contributed by atoms with Crippen molar-refractivity contribution >= 4 is 34.0 Å². The molecule has 4 rings (SSSR count). The highest BCUT2D eigenvalue weighted by Gasteiger charge is 2.27. The fourth-order valence-corrected chi connectivity index (χ4v) is 3.88. The molecule has 0 amide bonds. The molecule has 0 unspecified atom stereocenters. The number of para-hydroxylation sites is 2. The van der Waals surface area contributed by atoms with E-state index in [-0.39, 0.29) is 11.4 Å². The van der Waals surface area contributed by atoms with Gasteiger partial charge in [0.05, 0.1) is 37.5 Å². The maximum Gasteiger partial charge on any atom is 0.344 e. The Morgan fingerprint density at radius 3 is 2.30 bits per heavy atom. The van der Waals surface area contributed by atoms with E-state index in [1.807, 2.05) is 30.3 Å². The molecular formula is C25H28N4O4. The minimum absolute atomic E-state index is 0.210. The zero-order valence-corrected chi connectivity index (χ0v) is 19.3. The minimum Gasteiger partial charge on any atom is -0.493 e. The van der Waals surface area contributed by atoms with E-state index in [2.05, 4.69) is 13.8 Å². The van der Waals surface area contributed by atoms with Gasteiger partial charge < -0.3 is 19.9 Å². The maximum atomic E-state index is 13.2. The predicted octanol–water partition coefficient (Wildman–Crippen LogP) is 4.77. The summed E-state index contributed by atoms with van der Waals surface area (Å²) in [6, 6.07) is 12.9. The first-order valence-electron chi connectivity index (χ1n) is 11.0. The first-order chi connectivity index (χ1) is 16.0. The Bertz CT molecular complexity index is 1310. The lowest BCUT2D eigenvalue weighted by atomic mass is 10.1. The number of nitrogens with two attached hydrogens (primary N) is 1. The van der Waals surface area contributed by atoms with Crippen LogP contribution in [0.15, 0.2) is 42.5 Å². The summed E-state index contributed by atoms with van der Waals surface area (Å²) in [4.78, 5) is 22.7. The Balaban J connectivity index is 1.92. The van der Waals surface area contributed by atoms with E-state index in [0.717, 1.165) is 12.8 Å². The van der Waals surface area contributed by atoms with Gasteiger partial charge in [0, 0.05) is 6.07 Å². The van der Waals surface area contributed by atoms with Crippen LogP contribution in [0.3, 0.4) is 0 Å². The highest BCUT2D eigenvalue weighted by atomic mass is 16.5. The number of aromatic nitrogens is 3. The number of methoxy groups -OCH3 is 2. The van der Waals surface area contributed by atoms with Crippen molar-refractivity contribution in [1.82, 2.24) is 14.5 Å². The molecule has 2 aromatic carbocycles. The lowest BCUT2D eigenvalue weighted by molar-refractivity contribution is 0.0436. The molecule has 0 aliphatic rings. The molecule has 2 aromatic heterocycles. The van der Waals surface area contributed by atoms with Gasteiger partial charge >= 0.3 is 5.97 Å². The topological polar surface area (TPSA) is 101 Å². The summed E-state index contributed by atoms with van der Waals surface area (Å²) in [5.41, 5.74) is 9.66. The number of carbonyl (C=O) groups excluding carboxylic acids is 1. The average Bonchev–Trinajstić information content (AvgIpc) is 3.13. The lowest BCUT2D eigenvalue weighted by Gasteiger charge is -2.13. The lowest BCUT2D eigenvalue weighted by Crippen LogP contribution is -2.15. The Hall–Kier alpha value is -3.81. The van der Waals surface area contributed by atoms with Gasteiger partial charge in [0.2, 0.25) is 0 Å². The number of benzene rings is 2. The van der Waals surface area contributed by atoms with Crippen LogP contribution in [0.5, 0.6) is 11.5 Å². The molecule has 0 aliphatic carbocycles. The Morgan fingerprint density at radius 2 is 1.67 bits per heavy atom. The summed E-state index contributed by atoms with van der Waals surface area (Å²) >= 11 is 0. The molecule has 0 bridgehead atoms. The first kappa shape index (κ1) is 22.4. The molecule has 8 heteroatoms. The van der Waals surface area contributed by atoms with Crippen molar-refractivity contribution in [3.05, 3.63) is 48.0 Å². The molecule has 0 spiro atoms. The number of hydrogen-bond acceptors (Lipinski definition) is 7. The Morgan fingerprint density at radius 1 is 1.00 bits per heavy atom. The standard InChI is InChI=1S/C25H28N4O4/c1-5-15(6-2)14-33-25(30)21-22-24(28-18-10-8-7-9-17(18)27-22)29(23(21)26)16-11-12-19(31-3)20(13-16)32-4/h7-13,15H,5-6,14,26H2,1-4H3. The number of ether oxygens (including phenoxy) is 3. The van der Waals surface area contributed by atoms with Gasteiger partial charge in [0.25, 0.3) is 0 Å². The fraction of sp³-hybridized carbons (Fsp3) is 0.320. The van der Waals surface area contributed by atoms with Gasteiger partial charge in [0.1, 0.15) is 16.9 Å². The normalized spacial score (nSPS) is 11.3. The summed E-state index contributed by atoms with van der Waals surface area (Å²) in [5.74, 6) is 1.11. The Labute approximate surface area is 192 Å². The molecule has 4 aromatic rings. The minimum atomic E-state index is -0.506. The van der Waals surface area contributed by atoms with Gasteiger partial charge in [-0.2, -0.15) is 0 Å². The van der Waals surface area contributed by atoms with Crippen molar-refractivity contribution in [3.8, 4) is 17.2 Å². The molecule has 0 aliphatic heterocycles. The Kier molecular flexibility index (Phi) is 6.35. The number of fused-ring (bicyclic) bond motifs is 2. The second-order valence-corrected chi connectivity index (χ2v) is 7.80. The van der Waals surface area contributed by atoms with E-state index < -0.39 is 5.97 Å². The molecular weight excluding hydrogens is 420 g/mol. The molecule has 2 heterocycles.